The van der Waals surface area contributed by atoms with Gasteiger partial charge >= 0.3 is 5.97 Å². The third-order valence-corrected chi connectivity index (χ3v) is 8.24. The molecule has 0 amide bonds. The molecule has 6 rings (SSSR count). The minimum Gasteiger partial charge on any atom is -0.489 e. The molecular weight excluding hydrogens is 542 g/mol. The highest BCUT2D eigenvalue weighted by Gasteiger charge is 2.33. The van der Waals surface area contributed by atoms with Gasteiger partial charge in [0.25, 0.3) is 0 Å². The zero-order chi connectivity index (χ0) is 28.5. The van der Waals surface area contributed by atoms with Gasteiger partial charge in [0, 0.05) is 36.1 Å². The van der Waals surface area contributed by atoms with E-state index in [1.54, 1.807) is 12.1 Å². The number of benzene rings is 2. The van der Waals surface area contributed by atoms with E-state index in [9.17, 15) is 4.79 Å². The van der Waals surface area contributed by atoms with Gasteiger partial charge in [0.15, 0.2) is 0 Å². The van der Waals surface area contributed by atoms with E-state index in [0.29, 0.717) is 29.9 Å². The average Bonchev–Trinajstić information content (AvgIpc) is 3.54. The number of rotatable bonds is 10. The molecule has 4 aromatic rings. The number of nitrogens with zero attached hydrogens (tertiary/aromatic N) is 3. The number of anilines is 1. The number of carbonyl (C=O) groups is 1. The minimum atomic E-state index is -0.979. The summed E-state index contributed by atoms with van der Waals surface area (Å²) in [5, 5.41) is 14.1. The van der Waals surface area contributed by atoms with Crippen LogP contribution < -0.4 is 14.4 Å². The molecule has 8 nitrogen and oxygen atoms in total. The standard InChI is InChI=1S/C32H32ClN3O5/c1-19-4-3-5-20(2)30(19)40-18-28-26(31(41-35-28)21-6-7-21)17-39-24-9-10-25(27(33)14-24)23-12-13-36(16-23)29-11-8-22(15-34-29)32(37)38/h3-5,8-11,14-15,21,23H,6-7,12-13,16-18H2,1-2H3,(H,37,38). The van der Waals surface area contributed by atoms with Gasteiger partial charge in [-0.15, -0.1) is 0 Å². The summed E-state index contributed by atoms with van der Waals surface area (Å²) in [5.41, 5.74) is 5.12. The molecule has 2 aromatic carbocycles. The van der Waals surface area contributed by atoms with Crippen molar-refractivity contribution < 1.29 is 23.9 Å². The number of hydrogen-bond donors (Lipinski definition) is 1. The number of carboxylic acid groups (broad SMARTS) is 1. The Morgan fingerprint density at radius 2 is 1.85 bits per heavy atom. The SMILES string of the molecule is Cc1cccc(C)c1OCc1noc(C2CC2)c1COc1ccc(C2CCN(c3ccc(C(=O)O)cn3)C2)c(Cl)c1. The number of ether oxygens (including phenoxy) is 2. The van der Waals surface area contributed by atoms with Gasteiger partial charge in [0.1, 0.15) is 42.0 Å². The Labute approximate surface area is 243 Å². The Bertz CT molecular complexity index is 1540. The van der Waals surface area contributed by atoms with Gasteiger partial charge < -0.3 is 24.0 Å². The van der Waals surface area contributed by atoms with Crippen molar-refractivity contribution in [1.82, 2.24) is 10.1 Å². The van der Waals surface area contributed by atoms with E-state index in [0.717, 1.165) is 77.6 Å². The van der Waals surface area contributed by atoms with E-state index in [2.05, 4.69) is 15.0 Å². The quantitative estimate of drug-likeness (QED) is 0.215. The summed E-state index contributed by atoms with van der Waals surface area (Å²) in [6.45, 7) is 6.29. The first-order chi connectivity index (χ1) is 19.9. The van der Waals surface area contributed by atoms with E-state index >= 15 is 0 Å². The fraction of sp³-hybridized carbons (Fsp3) is 0.344. The highest BCUT2D eigenvalue weighted by molar-refractivity contribution is 6.31. The number of aromatic carboxylic acids is 1. The largest absolute Gasteiger partial charge is 0.489 e. The second-order valence-electron chi connectivity index (χ2n) is 10.9. The van der Waals surface area contributed by atoms with Gasteiger partial charge in [-0.3, -0.25) is 0 Å². The number of carboxylic acids is 1. The molecule has 1 saturated heterocycles. The molecule has 2 aliphatic rings. The Kier molecular flexibility index (Phi) is 7.58. The lowest BCUT2D eigenvalue weighted by Crippen LogP contribution is -2.20. The van der Waals surface area contributed by atoms with Crippen LogP contribution in [0.25, 0.3) is 0 Å². The molecule has 1 atom stereocenters. The number of pyridine rings is 1. The van der Waals surface area contributed by atoms with Crippen molar-refractivity contribution in [2.75, 3.05) is 18.0 Å². The smallest absolute Gasteiger partial charge is 0.337 e. The fourth-order valence-corrected chi connectivity index (χ4v) is 5.79. The highest BCUT2D eigenvalue weighted by Crippen LogP contribution is 2.43. The molecule has 1 N–H and O–H groups in total. The molecule has 2 aromatic heterocycles. The summed E-state index contributed by atoms with van der Waals surface area (Å²) in [7, 11) is 0. The summed E-state index contributed by atoms with van der Waals surface area (Å²) < 4.78 is 18.2. The number of para-hydroxylation sites is 1. The lowest BCUT2D eigenvalue weighted by atomic mass is 9.98. The van der Waals surface area contributed by atoms with Gasteiger partial charge in [-0.2, -0.15) is 0 Å². The summed E-state index contributed by atoms with van der Waals surface area (Å²) >= 11 is 6.76. The third-order valence-electron chi connectivity index (χ3n) is 7.91. The molecule has 9 heteroatoms. The molecule has 1 unspecified atom stereocenters. The van der Waals surface area contributed by atoms with Crippen molar-refractivity contribution in [1.29, 1.82) is 0 Å². The Balaban J connectivity index is 1.11. The maximum atomic E-state index is 11.1. The third kappa shape index (κ3) is 5.88. The normalized spacial score (nSPS) is 16.7. The maximum absolute atomic E-state index is 11.1. The average molecular weight is 574 g/mol. The van der Waals surface area contributed by atoms with E-state index in [1.165, 1.54) is 6.20 Å². The van der Waals surface area contributed by atoms with E-state index in [-0.39, 0.29) is 11.5 Å². The lowest BCUT2D eigenvalue weighted by Gasteiger charge is -2.18. The van der Waals surface area contributed by atoms with Crippen molar-refractivity contribution in [3.8, 4) is 11.5 Å². The van der Waals surface area contributed by atoms with Gasteiger partial charge in [0.2, 0.25) is 0 Å². The van der Waals surface area contributed by atoms with Crippen LogP contribution in [0.4, 0.5) is 5.82 Å². The summed E-state index contributed by atoms with van der Waals surface area (Å²) in [6, 6.07) is 15.3. The van der Waals surface area contributed by atoms with Gasteiger partial charge in [-0.25, -0.2) is 9.78 Å². The number of hydrogen-bond acceptors (Lipinski definition) is 7. The molecule has 0 bridgehead atoms. The van der Waals surface area contributed by atoms with Crippen LogP contribution in [-0.4, -0.2) is 34.3 Å². The number of halogens is 1. The Hall–Kier alpha value is -4.04. The van der Waals surface area contributed by atoms with E-state index in [4.69, 9.17) is 30.7 Å². The van der Waals surface area contributed by atoms with Crippen LogP contribution in [0, 0.1) is 13.8 Å². The van der Waals surface area contributed by atoms with Crippen LogP contribution in [0.5, 0.6) is 11.5 Å². The molecule has 1 aliphatic carbocycles. The highest BCUT2D eigenvalue weighted by atomic mass is 35.5. The van der Waals surface area contributed by atoms with Gasteiger partial charge in [-0.1, -0.05) is 41.0 Å². The molecule has 212 valence electrons. The summed E-state index contributed by atoms with van der Waals surface area (Å²) in [4.78, 5) is 17.6. The molecule has 1 saturated carbocycles. The monoisotopic (exact) mass is 573 g/mol. The first-order valence-corrected chi connectivity index (χ1v) is 14.3. The maximum Gasteiger partial charge on any atom is 0.337 e. The van der Waals surface area contributed by atoms with Crippen LogP contribution in [0.1, 0.15) is 75.2 Å². The first-order valence-electron chi connectivity index (χ1n) is 13.9. The van der Waals surface area contributed by atoms with Gasteiger partial charge in [-0.05, 0) is 74.1 Å². The number of aryl methyl sites for hydroxylation is 2. The zero-order valence-electron chi connectivity index (χ0n) is 23.1. The van der Waals surface area contributed by atoms with Crippen LogP contribution in [0.2, 0.25) is 5.02 Å². The predicted molar refractivity (Wildman–Crippen MR) is 155 cm³/mol. The van der Waals surface area contributed by atoms with Crippen LogP contribution in [0.3, 0.4) is 0 Å². The molecule has 3 heterocycles. The zero-order valence-corrected chi connectivity index (χ0v) is 23.9. The minimum absolute atomic E-state index is 0.180. The van der Waals surface area contributed by atoms with Crippen molar-refractivity contribution in [3.05, 3.63) is 99.0 Å². The van der Waals surface area contributed by atoms with Crippen molar-refractivity contribution in [2.45, 2.75) is 58.2 Å². The van der Waals surface area contributed by atoms with Crippen LogP contribution >= 0.6 is 11.6 Å². The van der Waals surface area contributed by atoms with Gasteiger partial charge in [0.05, 0.1) is 11.1 Å². The predicted octanol–water partition coefficient (Wildman–Crippen LogP) is 7.07. The fourth-order valence-electron chi connectivity index (χ4n) is 5.46. The van der Waals surface area contributed by atoms with E-state index < -0.39 is 5.97 Å². The molecular formula is C32H32ClN3O5. The first kappa shape index (κ1) is 27.1. The second kappa shape index (κ2) is 11.4. The molecule has 1 aliphatic heterocycles. The Morgan fingerprint density at radius 1 is 1.05 bits per heavy atom. The summed E-state index contributed by atoms with van der Waals surface area (Å²) in [6.07, 6.45) is 4.52. The summed E-state index contributed by atoms with van der Waals surface area (Å²) in [5.74, 6) is 2.87. The van der Waals surface area contributed by atoms with Crippen molar-refractivity contribution in [3.63, 3.8) is 0 Å². The van der Waals surface area contributed by atoms with Crippen LogP contribution in [-0.2, 0) is 13.2 Å². The van der Waals surface area contributed by atoms with Crippen molar-refractivity contribution >= 4 is 23.4 Å². The lowest BCUT2D eigenvalue weighted by molar-refractivity contribution is 0.0696. The second-order valence-corrected chi connectivity index (χ2v) is 11.3. The molecule has 0 spiro atoms. The van der Waals surface area contributed by atoms with Crippen molar-refractivity contribution in [2.24, 2.45) is 0 Å². The topological polar surface area (TPSA) is 97.9 Å². The molecule has 0 radical (unpaired) electrons. The van der Waals surface area contributed by atoms with E-state index in [1.807, 2.05) is 50.2 Å². The van der Waals surface area contributed by atoms with Crippen LogP contribution in [0.15, 0.2) is 59.3 Å². The molecule has 41 heavy (non-hydrogen) atoms. The number of aromatic nitrogens is 2. The Morgan fingerprint density at radius 3 is 2.54 bits per heavy atom. The molecule has 2 fully saturated rings.